The molecule has 0 aromatic rings. The van der Waals surface area contributed by atoms with Crippen LogP contribution in [0, 0.1) is 5.92 Å². The van der Waals surface area contributed by atoms with E-state index in [1.54, 1.807) is 21.8 Å². The summed E-state index contributed by atoms with van der Waals surface area (Å²) >= 11 is 0. The molecule has 0 amide bonds. The first kappa shape index (κ1) is 8.66. The van der Waals surface area contributed by atoms with Crippen molar-refractivity contribution in [2.24, 2.45) is 5.92 Å². The van der Waals surface area contributed by atoms with Crippen LogP contribution in [-0.2, 0) is 0 Å². The molecule has 0 heterocycles. The Morgan fingerprint density at radius 1 is 1.50 bits per heavy atom. The Morgan fingerprint density at radius 2 is 2.12 bits per heavy atom. The third kappa shape index (κ3) is 6.66. The van der Waals surface area contributed by atoms with Gasteiger partial charge in [-0.25, -0.2) is 0 Å². The second-order valence-corrected chi connectivity index (χ2v) is 4.28. The van der Waals surface area contributed by atoms with Gasteiger partial charge < -0.3 is 0 Å². The molecule has 50 valence electrons. The zero-order valence-electron chi connectivity index (χ0n) is 5.60. The molecule has 0 rings (SSSR count). The van der Waals surface area contributed by atoms with E-state index in [-0.39, 0.29) is 0 Å². The van der Waals surface area contributed by atoms with Crippen molar-refractivity contribution in [1.29, 1.82) is 0 Å². The van der Waals surface area contributed by atoms with Crippen LogP contribution in [-0.4, -0.2) is 12.8 Å². The smallest absolute Gasteiger partial charge is 0.00894 e. The van der Waals surface area contributed by atoms with E-state index >= 15 is 0 Å². The summed E-state index contributed by atoms with van der Waals surface area (Å²) in [6.07, 6.45) is 2.07. The number of hydrogen-bond donors (Lipinski definition) is 1. The van der Waals surface area contributed by atoms with Crippen molar-refractivity contribution in [3.8, 4) is 0 Å². The Kier molecular flexibility index (Phi) is 6.27. The molecule has 1 N–H and O–H groups in total. The largest absolute Gasteiger partial charge is 0.254 e. The minimum Gasteiger partial charge on any atom is -0.254 e. The first-order valence-electron chi connectivity index (χ1n) is 2.70. The Hall–Kier alpha value is 0.660. The van der Waals surface area contributed by atoms with Crippen molar-refractivity contribution in [1.82, 2.24) is 4.72 Å². The maximum absolute atomic E-state index is 3.21. The summed E-state index contributed by atoms with van der Waals surface area (Å²) in [5, 5.41) is 0. The van der Waals surface area contributed by atoms with Gasteiger partial charge in [-0.05, 0) is 23.2 Å². The van der Waals surface area contributed by atoms with Gasteiger partial charge in [-0.1, -0.05) is 24.6 Å². The van der Waals surface area contributed by atoms with E-state index in [1.165, 1.54) is 0 Å². The normalized spacial score (nSPS) is 10.5. The third-order valence-corrected chi connectivity index (χ3v) is 1.94. The van der Waals surface area contributed by atoms with E-state index < -0.39 is 0 Å². The molecule has 0 aliphatic carbocycles. The molecule has 0 aromatic heterocycles. The van der Waals surface area contributed by atoms with Gasteiger partial charge in [0.1, 0.15) is 0 Å². The molecule has 1 nitrogen and oxygen atoms in total. The molecule has 0 aliphatic rings. The van der Waals surface area contributed by atoms with Gasteiger partial charge in [0.05, 0.1) is 0 Å². The molecule has 0 spiro atoms. The first-order valence-corrected chi connectivity index (χ1v) is 5.25. The Bertz CT molecular complexity index is 47.7. The average molecular weight is 151 g/mol. The third-order valence-electron chi connectivity index (χ3n) is 0.634. The molecule has 0 unspecified atom stereocenters. The van der Waals surface area contributed by atoms with Gasteiger partial charge in [0.25, 0.3) is 0 Å². The predicted octanol–water partition coefficient (Wildman–Crippen LogP) is 2.16. The van der Waals surface area contributed by atoms with Crippen LogP contribution in [0.5, 0.6) is 0 Å². The molecule has 0 saturated carbocycles. The molecule has 0 atom stereocenters. The molecule has 0 bridgehead atoms. The molecule has 0 saturated heterocycles. The minimum absolute atomic E-state index is 0.759. The lowest BCUT2D eigenvalue weighted by molar-refractivity contribution is 0.641. The van der Waals surface area contributed by atoms with Crippen LogP contribution in [0.4, 0.5) is 0 Å². The van der Waals surface area contributed by atoms with Crippen LogP contribution in [0.15, 0.2) is 0 Å². The second kappa shape index (κ2) is 5.79. The zero-order chi connectivity index (χ0) is 6.41. The van der Waals surface area contributed by atoms with Gasteiger partial charge in [0.15, 0.2) is 0 Å². The van der Waals surface area contributed by atoms with E-state index in [0.29, 0.717) is 0 Å². The van der Waals surface area contributed by atoms with E-state index in [0.717, 1.165) is 12.5 Å². The monoisotopic (exact) mass is 151 g/mol. The van der Waals surface area contributed by atoms with Gasteiger partial charge in [0.2, 0.25) is 0 Å². The van der Waals surface area contributed by atoms with Crippen LogP contribution >= 0.6 is 21.8 Å². The fourth-order valence-corrected chi connectivity index (χ4v) is 1.34. The molecular formula is C5H13NS2. The van der Waals surface area contributed by atoms with Crippen LogP contribution in [0.25, 0.3) is 0 Å². The first-order chi connectivity index (χ1) is 3.77. The van der Waals surface area contributed by atoms with Crippen molar-refractivity contribution < 1.29 is 0 Å². The average Bonchev–Trinajstić information content (AvgIpc) is 1.66. The van der Waals surface area contributed by atoms with E-state index in [1.807, 2.05) is 0 Å². The maximum atomic E-state index is 3.21. The van der Waals surface area contributed by atoms with Crippen molar-refractivity contribution in [3.05, 3.63) is 0 Å². The topological polar surface area (TPSA) is 12.0 Å². The lowest BCUT2D eigenvalue weighted by atomic mass is 10.2. The van der Waals surface area contributed by atoms with Gasteiger partial charge in [-0.3, -0.25) is 4.72 Å². The number of hydrogen-bond acceptors (Lipinski definition) is 3. The summed E-state index contributed by atoms with van der Waals surface area (Å²) < 4.78 is 3.21. The molecule has 8 heavy (non-hydrogen) atoms. The Labute approximate surface area is 59.5 Å². The van der Waals surface area contributed by atoms with Crippen LogP contribution in [0.2, 0.25) is 0 Å². The summed E-state index contributed by atoms with van der Waals surface area (Å²) in [4.78, 5) is 0. The number of rotatable bonds is 4. The molecule has 0 radical (unpaired) electrons. The molecule has 0 aromatic carbocycles. The molecular weight excluding hydrogens is 138 g/mol. The fourth-order valence-electron chi connectivity index (χ4n) is 0.260. The summed E-state index contributed by atoms with van der Waals surface area (Å²) in [5.41, 5.74) is 0. The Morgan fingerprint density at radius 3 is 2.50 bits per heavy atom. The summed E-state index contributed by atoms with van der Waals surface area (Å²) in [6.45, 7) is 5.51. The maximum Gasteiger partial charge on any atom is 0.00894 e. The van der Waals surface area contributed by atoms with Gasteiger partial charge in [-0.2, -0.15) is 0 Å². The Balaban J connectivity index is 2.72. The SMILES string of the molecule is CSSNCC(C)C. The van der Waals surface area contributed by atoms with Gasteiger partial charge in [0, 0.05) is 6.54 Å². The second-order valence-electron chi connectivity index (χ2n) is 1.99. The quantitative estimate of drug-likeness (QED) is 0.376. The summed E-state index contributed by atoms with van der Waals surface area (Å²) in [7, 11) is 3.45. The number of nitrogens with one attached hydrogen (secondary N) is 1. The van der Waals surface area contributed by atoms with Gasteiger partial charge >= 0.3 is 0 Å². The highest BCUT2D eigenvalue weighted by molar-refractivity contribution is 8.75. The zero-order valence-corrected chi connectivity index (χ0v) is 7.23. The molecule has 0 fully saturated rings. The molecule has 0 aliphatic heterocycles. The fraction of sp³-hybridized carbons (Fsp3) is 1.00. The van der Waals surface area contributed by atoms with E-state index in [4.69, 9.17) is 0 Å². The minimum atomic E-state index is 0.759. The standard InChI is InChI=1S/C5H13NS2/c1-5(2)4-6-8-7-3/h5-6H,4H2,1-3H3. The predicted molar refractivity (Wildman–Crippen MR) is 43.9 cm³/mol. The highest BCUT2D eigenvalue weighted by Gasteiger charge is 1.89. The van der Waals surface area contributed by atoms with Crippen molar-refractivity contribution in [2.75, 3.05) is 12.8 Å². The summed E-state index contributed by atoms with van der Waals surface area (Å²) in [6, 6.07) is 0. The van der Waals surface area contributed by atoms with Crippen LogP contribution in [0.3, 0.4) is 0 Å². The van der Waals surface area contributed by atoms with E-state index in [2.05, 4.69) is 24.8 Å². The van der Waals surface area contributed by atoms with Crippen LogP contribution < -0.4 is 4.72 Å². The van der Waals surface area contributed by atoms with Crippen molar-refractivity contribution in [3.63, 3.8) is 0 Å². The highest BCUT2D eigenvalue weighted by atomic mass is 33.1. The summed E-state index contributed by atoms with van der Waals surface area (Å²) in [5.74, 6) is 0.759. The van der Waals surface area contributed by atoms with E-state index in [9.17, 15) is 0 Å². The van der Waals surface area contributed by atoms with Gasteiger partial charge in [-0.15, -0.1) is 0 Å². The van der Waals surface area contributed by atoms with Crippen molar-refractivity contribution in [2.45, 2.75) is 13.8 Å². The molecule has 3 heteroatoms. The highest BCUT2D eigenvalue weighted by Crippen LogP contribution is 2.11. The van der Waals surface area contributed by atoms with Crippen LogP contribution in [0.1, 0.15) is 13.8 Å². The lowest BCUT2D eigenvalue weighted by Gasteiger charge is -2.02. The lowest BCUT2D eigenvalue weighted by Crippen LogP contribution is -2.09. The van der Waals surface area contributed by atoms with Crippen molar-refractivity contribution >= 4 is 21.8 Å².